The standard InChI is InChI=1S/C13H19ClN2OS/c1-8-12(18-9(2)15-8)13(17)16(3)11-7-5-4-6-10(11)14/h10-11H,4-7H2,1-3H3. The van der Waals surface area contributed by atoms with Crippen LogP contribution in [-0.4, -0.2) is 34.3 Å². The van der Waals surface area contributed by atoms with Crippen molar-refractivity contribution in [2.24, 2.45) is 0 Å². The third-order valence-corrected chi connectivity index (χ3v) is 5.13. The van der Waals surface area contributed by atoms with Crippen LogP contribution in [0.2, 0.25) is 0 Å². The van der Waals surface area contributed by atoms with E-state index in [0.717, 1.165) is 34.8 Å². The molecule has 18 heavy (non-hydrogen) atoms. The Morgan fingerprint density at radius 2 is 2.06 bits per heavy atom. The van der Waals surface area contributed by atoms with E-state index in [4.69, 9.17) is 11.6 Å². The minimum absolute atomic E-state index is 0.0654. The van der Waals surface area contributed by atoms with Gasteiger partial charge in [0, 0.05) is 13.1 Å². The molecule has 0 radical (unpaired) electrons. The van der Waals surface area contributed by atoms with Crippen LogP contribution in [0.25, 0.3) is 0 Å². The lowest BCUT2D eigenvalue weighted by Crippen LogP contribution is -2.44. The Morgan fingerprint density at radius 1 is 1.39 bits per heavy atom. The zero-order chi connectivity index (χ0) is 13.3. The van der Waals surface area contributed by atoms with Crippen molar-refractivity contribution in [1.29, 1.82) is 0 Å². The van der Waals surface area contributed by atoms with E-state index >= 15 is 0 Å². The first kappa shape index (κ1) is 13.8. The maximum atomic E-state index is 12.5. The molecule has 2 atom stereocenters. The van der Waals surface area contributed by atoms with E-state index in [1.54, 1.807) is 0 Å². The predicted octanol–water partition coefficient (Wildman–Crippen LogP) is 3.38. The lowest BCUT2D eigenvalue weighted by molar-refractivity contribution is 0.0704. The lowest BCUT2D eigenvalue weighted by atomic mass is 9.94. The molecule has 2 rings (SSSR count). The molecule has 1 heterocycles. The average molecular weight is 287 g/mol. The van der Waals surface area contributed by atoms with Crippen molar-refractivity contribution in [1.82, 2.24) is 9.88 Å². The first-order chi connectivity index (χ1) is 8.50. The third kappa shape index (κ3) is 2.69. The zero-order valence-corrected chi connectivity index (χ0v) is 12.6. The van der Waals surface area contributed by atoms with Gasteiger partial charge < -0.3 is 4.90 Å². The van der Waals surface area contributed by atoms with Gasteiger partial charge in [-0.3, -0.25) is 4.79 Å². The molecule has 1 amide bonds. The van der Waals surface area contributed by atoms with E-state index in [9.17, 15) is 4.79 Å². The number of carbonyl (C=O) groups excluding carboxylic acids is 1. The summed E-state index contributed by atoms with van der Waals surface area (Å²) < 4.78 is 0. The fourth-order valence-electron chi connectivity index (χ4n) is 2.54. The van der Waals surface area contributed by atoms with Crippen molar-refractivity contribution in [2.45, 2.75) is 50.9 Å². The molecule has 1 fully saturated rings. The molecular weight excluding hydrogens is 268 g/mol. The van der Waals surface area contributed by atoms with Crippen LogP contribution >= 0.6 is 22.9 Å². The normalized spacial score (nSPS) is 24.0. The molecule has 5 heteroatoms. The molecular formula is C13H19ClN2OS. The summed E-state index contributed by atoms with van der Waals surface area (Å²) in [4.78, 5) is 19.3. The molecule has 0 spiro atoms. The molecule has 0 saturated heterocycles. The van der Waals surface area contributed by atoms with E-state index in [-0.39, 0.29) is 17.3 Å². The molecule has 0 bridgehead atoms. The van der Waals surface area contributed by atoms with Gasteiger partial charge in [-0.05, 0) is 26.7 Å². The second kappa shape index (κ2) is 5.57. The second-order valence-electron chi connectivity index (χ2n) is 4.93. The van der Waals surface area contributed by atoms with Crippen molar-refractivity contribution in [3.05, 3.63) is 15.6 Å². The predicted molar refractivity (Wildman–Crippen MR) is 75.6 cm³/mol. The first-order valence-corrected chi connectivity index (χ1v) is 7.61. The summed E-state index contributed by atoms with van der Waals surface area (Å²) in [6, 6.07) is 0.162. The Labute approximate surface area is 117 Å². The number of carbonyl (C=O) groups is 1. The monoisotopic (exact) mass is 286 g/mol. The van der Waals surface area contributed by atoms with Gasteiger partial charge in [-0.1, -0.05) is 12.8 Å². The molecule has 1 aromatic heterocycles. The fourth-order valence-corrected chi connectivity index (χ4v) is 3.89. The Kier molecular flexibility index (Phi) is 4.28. The maximum Gasteiger partial charge on any atom is 0.265 e. The molecule has 0 aromatic carbocycles. The lowest BCUT2D eigenvalue weighted by Gasteiger charge is -2.34. The summed E-state index contributed by atoms with van der Waals surface area (Å²) >= 11 is 7.82. The van der Waals surface area contributed by atoms with E-state index in [1.165, 1.54) is 17.8 Å². The van der Waals surface area contributed by atoms with Crippen molar-refractivity contribution < 1.29 is 4.79 Å². The van der Waals surface area contributed by atoms with E-state index in [1.807, 2.05) is 25.8 Å². The largest absolute Gasteiger partial charge is 0.336 e. The van der Waals surface area contributed by atoms with Crippen LogP contribution < -0.4 is 0 Å². The van der Waals surface area contributed by atoms with Gasteiger partial charge in [0.25, 0.3) is 5.91 Å². The average Bonchev–Trinajstić information content (AvgIpc) is 2.67. The summed E-state index contributed by atoms with van der Waals surface area (Å²) in [5, 5.41) is 1.03. The topological polar surface area (TPSA) is 33.2 Å². The van der Waals surface area contributed by atoms with Gasteiger partial charge in [-0.15, -0.1) is 22.9 Å². The molecule has 3 nitrogen and oxygen atoms in total. The number of aromatic nitrogens is 1. The van der Waals surface area contributed by atoms with Crippen LogP contribution in [0.3, 0.4) is 0 Å². The quantitative estimate of drug-likeness (QED) is 0.781. The fraction of sp³-hybridized carbons (Fsp3) is 0.692. The zero-order valence-electron chi connectivity index (χ0n) is 11.1. The van der Waals surface area contributed by atoms with E-state index in [2.05, 4.69) is 4.98 Å². The highest BCUT2D eigenvalue weighted by Gasteiger charge is 2.31. The van der Waals surface area contributed by atoms with E-state index in [0.29, 0.717) is 0 Å². The van der Waals surface area contributed by atoms with Crippen molar-refractivity contribution in [3.8, 4) is 0 Å². The Balaban J connectivity index is 2.15. The highest BCUT2D eigenvalue weighted by atomic mass is 35.5. The highest BCUT2D eigenvalue weighted by Crippen LogP contribution is 2.28. The molecule has 1 aliphatic rings. The molecule has 100 valence electrons. The summed E-state index contributed by atoms with van der Waals surface area (Å²) in [5.41, 5.74) is 0.830. The smallest absolute Gasteiger partial charge is 0.265 e. The van der Waals surface area contributed by atoms with Crippen LogP contribution in [0, 0.1) is 13.8 Å². The van der Waals surface area contributed by atoms with Crippen molar-refractivity contribution >= 4 is 28.8 Å². The Hall–Kier alpha value is -0.610. The van der Waals surface area contributed by atoms with Crippen LogP contribution in [0.5, 0.6) is 0 Å². The molecule has 1 aliphatic carbocycles. The van der Waals surface area contributed by atoms with Crippen LogP contribution in [0.1, 0.15) is 46.1 Å². The number of alkyl halides is 1. The summed E-state index contributed by atoms with van der Waals surface area (Å²) in [6.07, 6.45) is 4.34. The summed E-state index contributed by atoms with van der Waals surface area (Å²) in [7, 11) is 1.86. The number of halogens is 1. The number of hydrogen-bond donors (Lipinski definition) is 0. The summed E-state index contributed by atoms with van der Waals surface area (Å²) in [5.74, 6) is 0.0654. The van der Waals surface area contributed by atoms with E-state index < -0.39 is 0 Å². The summed E-state index contributed by atoms with van der Waals surface area (Å²) in [6.45, 7) is 3.82. The van der Waals surface area contributed by atoms with Crippen molar-refractivity contribution in [2.75, 3.05) is 7.05 Å². The van der Waals surface area contributed by atoms with Gasteiger partial charge in [0.05, 0.1) is 16.1 Å². The minimum Gasteiger partial charge on any atom is -0.336 e. The highest BCUT2D eigenvalue weighted by molar-refractivity contribution is 7.13. The first-order valence-electron chi connectivity index (χ1n) is 6.36. The number of rotatable bonds is 2. The van der Waals surface area contributed by atoms with Gasteiger partial charge in [0.1, 0.15) is 4.88 Å². The van der Waals surface area contributed by atoms with Crippen LogP contribution in [0.15, 0.2) is 0 Å². The number of nitrogens with zero attached hydrogens (tertiary/aromatic N) is 2. The van der Waals surface area contributed by atoms with Gasteiger partial charge in [-0.2, -0.15) is 0 Å². The van der Waals surface area contributed by atoms with Gasteiger partial charge in [0.2, 0.25) is 0 Å². The number of aryl methyl sites for hydroxylation is 2. The number of amides is 1. The SMILES string of the molecule is Cc1nc(C)c(C(=O)N(C)C2CCCCC2Cl)s1. The molecule has 1 aromatic rings. The second-order valence-corrected chi connectivity index (χ2v) is 6.70. The minimum atomic E-state index is 0.0654. The van der Waals surface area contributed by atoms with Crippen molar-refractivity contribution in [3.63, 3.8) is 0 Å². The van der Waals surface area contributed by atoms with Gasteiger partial charge >= 0.3 is 0 Å². The third-order valence-electron chi connectivity index (χ3n) is 3.56. The molecule has 0 aliphatic heterocycles. The maximum absolute atomic E-state index is 12.5. The Morgan fingerprint density at radius 3 is 2.61 bits per heavy atom. The molecule has 0 N–H and O–H groups in total. The van der Waals surface area contributed by atoms with Crippen LogP contribution in [0.4, 0.5) is 0 Å². The molecule has 1 saturated carbocycles. The number of thiazole rings is 1. The molecule has 2 unspecified atom stereocenters. The van der Waals surface area contributed by atoms with Gasteiger partial charge in [0.15, 0.2) is 0 Å². The van der Waals surface area contributed by atoms with Gasteiger partial charge in [-0.25, -0.2) is 4.98 Å². The Bertz CT molecular complexity index is 446. The number of hydrogen-bond acceptors (Lipinski definition) is 3. The van der Waals surface area contributed by atoms with Crippen LogP contribution in [-0.2, 0) is 0 Å².